The zero-order valence-corrected chi connectivity index (χ0v) is 9.87. The van der Waals surface area contributed by atoms with Gasteiger partial charge in [-0.1, -0.05) is 36.4 Å². The van der Waals surface area contributed by atoms with Gasteiger partial charge in [0.25, 0.3) is 5.95 Å². The first-order valence-corrected chi connectivity index (χ1v) is 5.73. The molecule has 0 spiro atoms. The first kappa shape index (κ1) is 11.3. The van der Waals surface area contributed by atoms with Crippen LogP contribution < -0.4 is 4.74 Å². The van der Waals surface area contributed by atoms with Crippen molar-refractivity contribution in [1.82, 2.24) is 0 Å². The molecule has 4 nitrogen and oxygen atoms in total. The van der Waals surface area contributed by atoms with Crippen molar-refractivity contribution in [2.75, 3.05) is 0 Å². The van der Waals surface area contributed by atoms with Gasteiger partial charge in [-0.3, -0.25) is 0 Å². The van der Waals surface area contributed by atoms with Crippen molar-refractivity contribution in [1.29, 1.82) is 0 Å². The van der Waals surface area contributed by atoms with Gasteiger partial charge in [0, 0.05) is 11.5 Å². The van der Waals surface area contributed by atoms with Gasteiger partial charge in [-0.05, 0) is 17.5 Å². The standard InChI is InChI=1S/C15H10O4/c16-15(17)13-8-9-14(19-13)18-12-7-3-5-10-4-1-2-6-11(10)12/h1-9H,(H,16,17). The number of carboxylic acids is 1. The monoisotopic (exact) mass is 254 g/mol. The molecule has 0 radical (unpaired) electrons. The van der Waals surface area contributed by atoms with Crippen molar-refractivity contribution in [3.8, 4) is 11.7 Å². The van der Waals surface area contributed by atoms with Crippen LogP contribution in [0.1, 0.15) is 10.6 Å². The van der Waals surface area contributed by atoms with Crippen LogP contribution in [0.5, 0.6) is 11.7 Å². The molecule has 0 aliphatic carbocycles. The van der Waals surface area contributed by atoms with E-state index in [1.165, 1.54) is 12.1 Å². The van der Waals surface area contributed by atoms with Crippen molar-refractivity contribution in [3.05, 3.63) is 60.4 Å². The average Bonchev–Trinajstić information content (AvgIpc) is 2.88. The molecular weight excluding hydrogens is 244 g/mol. The van der Waals surface area contributed by atoms with E-state index in [2.05, 4.69) is 0 Å². The summed E-state index contributed by atoms with van der Waals surface area (Å²) in [6, 6.07) is 16.3. The second kappa shape index (κ2) is 4.49. The number of hydrogen-bond donors (Lipinski definition) is 1. The zero-order chi connectivity index (χ0) is 13.2. The van der Waals surface area contributed by atoms with Gasteiger partial charge < -0.3 is 14.3 Å². The summed E-state index contributed by atoms with van der Waals surface area (Å²) in [4.78, 5) is 10.7. The van der Waals surface area contributed by atoms with Crippen LogP contribution in [-0.4, -0.2) is 11.1 Å². The largest absolute Gasteiger partial charge is 0.475 e. The van der Waals surface area contributed by atoms with Crippen molar-refractivity contribution in [3.63, 3.8) is 0 Å². The fourth-order valence-corrected chi connectivity index (χ4v) is 1.88. The smallest absolute Gasteiger partial charge is 0.371 e. The average molecular weight is 254 g/mol. The van der Waals surface area contributed by atoms with Crippen molar-refractivity contribution in [2.45, 2.75) is 0 Å². The van der Waals surface area contributed by atoms with Crippen molar-refractivity contribution in [2.24, 2.45) is 0 Å². The number of aromatic carboxylic acids is 1. The van der Waals surface area contributed by atoms with Crippen LogP contribution >= 0.6 is 0 Å². The molecule has 1 N–H and O–H groups in total. The van der Waals surface area contributed by atoms with Crippen LogP contribution in [0.15, 0.2) is 59.0 Å². The third-order valence-corrected chi connectivity index (χ3v) is 2.75. The van der Waals surface area contributed by atoms with Crippen LogP contribution in [0.4, 0.5) is 0 Å². The van der Waals surface area contributed by atoms with Gasteiger partial charge in [-0.15, -0.1) is 0 Å². The molecule has 0 fully saturated rings. The minimum absolute atomic E-state index is 0.143. The highest BCUT2D eigenvalue weighted by Crippen LogP contribution is 2.30. The Bertz CT molecular complexity index is 737. The number of benzene rings is 2. The maximum absolute atomic E-state index is 10.7. The summed E-state index contributed by atoms with van der Waals surface area (Å²) in [6.45, 7) is 0. The first-order valence-electron chi connectivity index (χ1n) is 5.73. The Balaban J connectivity index is 1.98. The highest BCUT2D eigenvalue weighted by Gasteiger charge is 2.11. The lowest BCUT2D eigenvalue weighted by molar-refractivity contribution is 0.0657. The number of hydrogen-bond acceptors (Lipinski definition) is 3. The predicted octanol–water partition coefficient (Wildman–Crippen LogP) is 3.92. The second-order valence-corrected chi connectivity index (χ2v) is 4.00. The number of carboxylic acid groups (broad SMARTS) is 1. The molecule has 4 heteroatoms. The first-order chi connectivity index (χ1) is 9.24. The Labute approximate surface area is 108 Å². The lowest BCUT2D eigenvalue weighted by atomic mass is 10.1. The third kappa shape index (κ3) is 2.15. The van der Waals surface area contributed by atoms with Gasteiger partial charge in [0.05, 0.1) is 0 Å². The maximum atomic E-state index is 10.7. The van der Waals surface area contributed by atoms with Crippen LogP contribution in [0.2, 0.25) is 0 Å². The predicted molar refractivity (Wildman–Crippen MR) is 69.7 cm³/mol. The fourth-order valence-electron chi connectivity index (χ4n) is 1.88. The molecule has 0 aliphatic heterocycles. The number of furan rings is 1. The minimum atomic E-state index is -1.12. The SMILES string of the molecule is O=C(O)c1ccc(Oc2cccc3ccccc23)o1. The van der Waals surface area contributed by atoms with E-state index in [4.69, 9.17) is 14.3 Å². The van der Waals surface area contributed by atoms with E-state index in [-0.39, 0.29) is 11.7 Å². The summed E-state index contributed by atoms with van der Waals surface area (Å²) in [5.74, 6) is -0.471. The number of fused-ring (bicyclic) bond motifs is 1. The maximum Gasteiger partial charge on any atom is 0.371 e. The molecule has 0 unspecified atom stereocenters. The van der Waals surface area contributed by atoms with Crippen LogP contribution in [0.3, 0.4) is 0 Å². The Morgan fingerprint density at radius 3 is 2.58 bits per heavy atom. The molecular formula is C15H10O4. The lowest BCUT2D eigenvalue weighted by Gasteiger charge is -2.05. The summed E-state index contributed by atoms with van der Waals surface area (Å²) >= 11 is 0. The molecule has 0 amide bonds. The van der Waals surface area contributed by atoms with Gasteiger partial charge in [-0.25, -0.2) is 4.79 Å². The molecule has 3 aromatic rings. The van der Waals surface area contributed by atoms with E-state index in [1.807, 2.05) is 42.5 Å². The summed E-state index contributed by atoms with van der Waals surface area (Å²) in [5.41, 5.74) is 0. The van der Waals surface area contributed by atoms with E-state index in [9.17, 15) is 4.79 Å². The molecule has 94 valence electrons. The minimum Gasteiger partial charge on any atom is -0.475 e. The Kier molecular flexibility index (Phi) is 2.68. The van der Waals surface area contributed by atoms with Gasteiger partial charge in [-0.2, -0.15) is 0 Å². The molecule has 2 aromatic carbocycles. The highest BCUT2D eigenvalue weighted by molar-refractivity contribution is 5.88. The lowest BCUT2D eigenvalue weighted by Crippen LogP contribution is -1.91. The quantitative estimate of drug-likeness (QED) is 0.769. The molecule has 1 heterocycles. The van der Waals surface area contributed by atoms with Crippen LogP contribution in [0, 0.1) is 0 Å². The number of carbonyl (C=O) groups is 1. The molecule has 0 aliphatic rings. The van der Waals surface area contributed by atoms with E-state index < -0.39 is 5.97 Å². The van der Waals surface area contributed by atoms with E-state index in [1.54, 1.807) is 0 Å². The number of ether oxygens (including phenoxy) is 1. The zero-order valence-electron chi connectivity index (χ0n) is 9.87. The molecule has 3 rings (SSSR count). The van der Waals surface area contributed by atoms with Gasteiger partial charge in [0.15, 0.2) is 0 Å². The molecule has 0 saturated carbocycles. The summed E-state index contributed by atoms with van der Waals surface area (Å²) in [5, 5.41) is 10.8. The molecule has 0 saturated heterocycles. The van der Waals surface area contributed by atoms with Crippen LogP contribution in [-0.2, 0) is 0 Å². The molecule has 19 heavy (non-hydrogen) atoms. The summed E-state index contributed by atoms with van der Waals surface area (Å²) in [7, 11) is 0. The van der Waals surface area contributed by atoms with Gasteiger partial charge >= 0.3 is 5.97 Å². The summed E-state index contributed by atoms with van der Waals surface area (Å²) < 4.78 is 10.7. The molecule has 0 bridgehead atoms. The topological polar surface area (TPSA) is 59.7 Å². The van der Waals surface area contributed by atoms with E-state index in [0.29, 0.717) is 5.75 Å². The second-order valence-electron chi connectivity index (χ2n) is 4.00. The fraction of sp³-hybridized carbons (Fsp3) is 0. The van der Waals surface area contributed by atoms with E-state index in [0.717, 1.165) is 10.8 Å². The third-order valence-electron chi connectivity index (χ3n) is 2.75. The molecule has 0 atom stereocenters. The summed E-state index contributed by atoms with van der Waals surface area (Å²) in [6.07, 6.45) is 0. The van der Waals surface area contributed by atoms with Crippen molar-refractivity contribution < 1.29 is 19.1 Å². The highest BCUT2D eigenvalue weighted by atomic mass is 16.6. The Hall–Kier alpha value is -2.75. The van der Waals surface area contributed by atoms with Gasteiger partial charge in [0.1, 0.15) is 5.75 Å². The van der Waals surface area contributed by atoms with Crippen molar-refractivity contribution >= 4 is 16.7 Å². The van der Waals surface area contributed by atoms with Crippen LogP contribution in [0.25, 0.3) is 10.8 Å². The Morgan fingerprint density at radius 1 is 1.00 bits per heavy atom. The normalized spacial score (nSPS) is 10.5. The van der Waals surface area contributed by atoms with Gasteiger partial charge in [0.2, 0.25) is 5.76 Å². The van der Waals surface area contributed by atoms with E-state index >= 15 is 0 Å². The Morgan fingerprint density at radius 2 is 1.79 bits per heavy atom. The molecule has 1 aromatic heterocycles. The number of rotatable bonds is 3.